The van der Waals surface area contributed by atoms with Crippen molar-refractivity contribution < 1.29 is 47.0 Å². The van der Waals surface area contributed by atoms with Gasteiger partial charge in [0.1, 0.15) is 6.61 Å². The summed E-state index contributed by atoms with van der Waals surface area (Å²) in [5.41, 5.74) is 4.33. The zero-order valence-corrected chi connectivity index (χ0v) is 23.7. The van der Waals surface area contributed by atoms with Gasteiger partial charge in [0.2, 0.25) is 5.91 Å². The van der Waals surface area contributed by atoms with Gasteiger partial charge in [-0.25, -0.2) is 0 Å². The van der Waals surface area contributed by atoms with Crippen LogP contribution in [0.1, 0.15) is 49.4 Å². The number of azo groups is 1. The summed E-state index contributed by atoms with van der Waals surface area (Å²) in [6.07, 6.45) is 6.23. The molecule has 0 saturated heterocycles. The zero-order valence-electron chi connectivity index (χ0n) is 20.8. The molecule has 0 aliphatic carbocycles. The number of nitrogens with one attached hydrogen (secondary N) is 1. The van der Waals surface area contributed by atoms with E-state index in [4.69, 9.17) is 4.74 Å². The zero-order chi connectivity index (χ0) is 24.9. The molecule has 1 heterocycles. The van der Waals surface area contributed by atoms with Crippen LogP contribution in [0, 0.1) is 6.07 Å². The van der Waals surface area contributed by atoms with Crippen molar-refractivity contribution in [3.63, 3.8) is 0 Å². The Morgan fingerprint density at radius 1 is 1.06 bits per heavy atom. The first-order valence-electron chi connectivity index (χ1n) is 11.8. The summed E-state index contributed by atoms with van der Waals surface area (Å²) in [5, 5.41) is 19.4. The van der Waals surface area contributed by atoms with Gasteiger partial charge in [-0.05, 0) is 29.8 Å². The normalized spacial score (nSPS) is 10.7. The summed E-state index contributed by atoms with van der Waals surface area (Å²) in [5.74, 6) is -0.210. The molecule has 1 N–H and O–H groups in total. The molecule has 9 nitrogen and oxygen atoms in total. The third kappa shape index (κ3) is 10.5. The smallest absolute Gasteiger partial charge is 0.305 e. The Kier molecular flexibility index (Phi) is 13.1. The van der Waals surface area contributed by atoms with Crippen molar-refractivity contribution in [2.45, 2.75) is 58.6 Å². The number of esters is 1. The first-order chi connectivity index (χ1) is 17.1. The summed E-state index contributed by atoms with van der Waals surface area (Å²) < 4.78 is 6.95. The van der Waals surface area contributed by atoms with Gasteiger partial charge in [0, 0.05) is 71.8 Å². The second-order valence-corrected chi connectivity index (χ2v) is 8.07. The van der Waals surface area contributed by atoms with Crippen molar-refractivity contribution >= 4 is 23.3 Å². The molecule has 3 aromatic rings. The number of rotatable bonds is 13. The van der Waals surface area contributed by atoms with Gasteiger partial charge in [-0.3, -0.25) is 14.3 Å². The fourth-order valence-electron chi connectivity index (χ4n) is 3.23. The molecule has 0 saturated carbocycles. The van der Waals surface area contributed by atoms with Gasteiger partial charge in [-0.1, -0.05) is 37.1 Å². The van der Waals surface area contributed by atoms with Gasteiger partial charge < -0.3 is 10.1 Å². The van der Waals surface area contributed by atoms with E-state index in [9.17, 15) is 9.59 Å². The van der Waals surface area contributed by atoms with Crippen LogP contribution < -0.4 is 5.32 Å². The Balaban J connectivity index is 0.00000456. The Morgan fingerprint density at radius 2 is 1.83 bits per heavy atom. The molecule has 1 amide bonds. The summed E-state index contributed by atoms with van der Waals surface area (Å²) in [7, 11) is 1.63. The van der Waals surface area contributed by atoms with Gasteiger partial charge in [0.15, 0.2) is 0 Å². The van der Waals surface area contributed by atoms with Crippen molar-refractivity contribution in [2.24, 2.45) is 10.2 Å². The number of ether oxygens (including phenoxy) is 1. The number of carbonyl (C=O) groups excluding carboxylic acids is 2. The summed E-state index contributed by atoms with van der Waals surface area (Å²) >= 11 is 0. The number of carbonyl (C=O) groups is 2. The predicted octanol–water partition coefficient (Wildman–Crippen LogP) is 4.65. The fraction of sp³-hybridized carbons (Fsp3) is 0.385. The molecule has 187 valence electrons. The molecule has 1 radical (unpaired) electrons. The van der Waals surface area contributed by atoms with Crippen LogP contribution in [-0.4, -0.2) is 33.9 Å². The van der Waals surface area contributed by atoms with E-state index in [1.54, 1.807) is 14.0 Å². The average Bonchev–Trinajstić information content (AvgIpc) is 3.36. The molecule has 0 aliphatic rings. The van der Waals surface area contributed by atoms with Gasteiger partial charge >= 0.3 is 5.97 Å². The second kappa shape index (κ2) is 16.1. The number of nitrogens with zero attached hydrogens (tertiary/aromatic N) is 5. The van der Waals surface area contributed by atoms with Crippen LogP contribution >= 0.6 is 0 Å². The van der Waals surface area contributed by atoms with E-state index in [0.29, 0.717) is 24.9 Å². The minimum atomic E-state index is -0.215. The molecule has 36 heavy (non-hydrogen) atoms. The number of amides is 1. The van der Waals surface area contributed by atoms with Gasteiger partial charge in [-0.2, -0.15) is 34.0 Å². The number of benzene rings is 2. The van der Waals surface area contributed by atoms with E-state index in [-0.39, 0.29) is 51.2 Å². The van der Waals surface area contributed by atoms with Gasteiger partial charge in [0.05, 0.1) is 11.4 Å². The quantitative estimate of drug-likeness (QED) is 0.141. The topological polar surface area (TPSA) is 111 Å². The van der Waals surface area contributed by atoms with Crippen LogP contribution in [0.5, 0.6) is 0 Å². The van der Waals surface area contributed by atoms with Crippen molar-refractivity contribution in [3.8, 4) is 0 Å². The minimum Gasteiger partial charge on any atom is -0.461 e. The first kappa shape index (κ1) is 29.5. The number of hydrogen-bond donors (Lipinski definition) is 1. The Hall–Kier alpha value is -2.78. The van der Waals surface area contributed by atoms with Crippen molar-refractivity contribution in [2.75, 3.05) is 7.05 Å². The molecule has 2 aromatic carbocycles. The van der Waals surface area contributed by atoms with Crippen LogP contribution in [0.2, 0.25) is 0 Å². The molecule has 1 aromatic heterocycles. The molecule has 0 unspecified atom stereocenters. The molecule has 0 aliphatic heterocycles. The predicted molar refractivity (Wildman–Crippen MR) is 131 cm³/mol. The van der Waals surface area contributed by atoms with E-state index >= 15 is 0 Å². The van der Waals surface area contributed by atoms with E-state index in [2.05, 4.69) is 31.9 Å². The largest absolute Gasteiger partial charge is 0.461 e. The van der Waals surface area contributed by atoms with Crippen LogP contribution in [0.25, 0.3) is 0 Å². The molecule has 0 fully saturated rings. The minimum absolute atomic E-state index is 0. The van der Waals surface area contributed by atoms with Crippen LogP contribution in [-0.2, 0) is 73.0 Å². The maximum absolute atomic E-state index is 11.3. The molecule has 10 heteroatoms. The SMILES string of the molecule is CCC(=O)OCc1ccc(N=Nc2[c-]cc(CCCCn3cc(CCC(=O)NC)nn3)cc2)cc1.[Y]. The van der Waals surface area contributed by atoms with Gasteiger partial charge in [-0.15, -0.1) is 11.2 Å². The number of aryl methyl sites for hydroxylation is 3. The van der Waals surface area contributed by atoms with Crippen LogP contribution in [0.15, 0.2) is 58.9 Å². The number of hydrogen-bond acceptors (Lipinski definition) is 7. The molecule has 0 spiro atoms. The standard InChI is InChI=1S/C26H31N6O3.Y/c1-3-26(34)35-19-21-9-13-23(14-10-21)29-28-22-11-7-20(8-12-22)6-4-5-17-32-18-24(30-31-32)15-16-25(33)27-2;/h7-11,13-14,18H,3-6,15-17,19H2,1-2H3,(H,27,33);/q-1;. The van der Waals surface area contributed by atoms with Crippen molar-refractivity contribution in [1.29, 1.82) is 0 Å². The molecule has 3 rings (SSSR count). The molecular weight excluding hydrogens is 533 g/mol. The van der Waals surface area contributed by atoms with E-state index in [1.165, 1.54) is 5.56 Å². The molecule has 0 atom stereocenters. The summed E-state index contributed by atoms with van der Waals surface area (Å²) in [6.45, 7) is 2.83. The average molecular weight is 564 g/mol. The molecular formula is C26H31N6O3Y-. The maximum Gasteiger partial charge on any atom is 0.305 e. The Bertz CT molecular complexity index is 1110. The van der Waals surface area contributed by atoms with Crippen LogP contribution in [0.4, 0.5) is 11.4 Å². The monoisotopic (exact) mass is 564 g/mol. The number of aromatic nitrogens is 3. The second-order valence-electron chi connectivity index (χ2n) is 8.07. The maximum atomic E-state index is 11.3. The summed E-state index contributed by atoms with van der Waals surface area (Å²) in [6, 6.07) is 16.5. The number of unbranched alkanes of at least 4 members (excludes halogenated alkanes) is 1. The Labute approximate surface area is 237 Å². The van der Waals surface area contributed by atoms with Crippen molar-refractivity contribution in [3.05, 3.63) is 71.5 Å². The van der Waals surface area contributed by atoms with Crippen LogP contribution in [0.3, 0.4) is 0 Å². The van der Waals surface area contributed by atoms with E-state index in [0.717, 1.165) is 42.8 Å². The van der Waals surface area contributed by atoms with Gasteiger partial charge in [0.25, 0.3) is 0 Å². The third-order valence-corrected chi connectivity index (χ3v) is 5.33. The van der Waals surface area contributed by atoms with E-state index in [1.807, 2.05) is 53.3 Å². The van der Waals surface area contributed by atoms with Crippen molar-refractivity contribution in [1.82, 2.24) is 20.3 Å². The third-order valence-electron chi connectivity index (χ3n) is 5.33. The first-order valence-corrected chi connectivity index (χ1v) is 11.8. The summed E-state index contributed by atoms with van der Waals surface area (Å²) in [4.78, 5) is 22.6. The van der Waals surface area contributed by atoms with E-state index < -0.39 is 0 Å². The fourth-order valence-corrected chi connectivity index (χ4v) is 3.23. The Morgan fingerprint density at radius 3 is 2.53 bits per heavy atom. The molecule has 0 bridgehead atoms.